The van der Waals surface area contributed by atoms with Gasteiger partial charge in [-0.25, -0.2) is 4.98 Å². The fourth-order valence-corrected chi connectivity index (χ4v) is 3.33. The smallest absolute Gasteiger partial charge is 0.204 e. The minimum absolute atomic E-state index is 0.590. The number of aromatic nitrogens is 5. The van der Waals surface area contributed by atoms with Gasteiger partial charge in [0.15, 0.2) is 0 Å². The van der Waals surface area contributed by atoms with Gasteiger partial charge in [-0.05, 0) is 46.2 Å². The largest absolute Gasteiger partial charge is 0.248 e. The van der Waals surface area contributed by atoms with E-state index in [0.29, 0.717) is 5.82 Å². The number of pyridine rings is 1. The van der Waals surface area contributed by atoms with Crippen molar-refractivity contribution in [2.24, 2.45) is 0 Å². The molecule has 0 spiro atoms. The minimum atomic E-state index is 0.590. The number of tetrazole rings is 1. The van der Waals surface area contributed by atoms with Crippen molar-refractivity contribution in [1.82, 2.24) is 25.6 Å². The lowest BCUT2D eigenvalue weighted by Crippen LogP contribution is -1.83. The van der Waals surface area contributed by atoms with E-state index in [-0.39, 0.29) is 0 Å². The Labute approximate surface area is 179 Å². The van der Waals surface area contributed by atoms with Crippen molar-refractivity contribution in [2.45, 2.75) is 0 Å². The van der Waals surface area contributed by atoms with Gasteiger partial charge in [-0.2, -0.15) is 5.21 Å². The summed E-state index contributed by atoms with van der Waals surface area (Å²) < 4.78 is 0. The van der Waals surface area contributed by atoms with Crippen molar-refractivity contribution in [2.75, 3.05) is 0 Å². The fraction of sp³-hybridized carbons (Fsp3) is 0. The summed E-state index contributed by atoms with van der Waals surface area (Å²) in [6.45, 7) is 0. The molecule has 0 fully saturated rings. The third-order valence-corrected chi connectivity index (χ3v) is 4.96. The van der Waals surface area contributed by atoms with Crippen molar-refractivity contribution in [3.8, 4) is 11.4 Å². The molecule has 31 heavy (non-hydrogen) atoms. The number of nitrogens with one attached hydrogen (secondary N) is 1. The average Bonchev–Trinajstić information content (AvgIpc) is 3.37. The first-order valence-electron chi connectivity index (χ1n) is 9.99. The number of nitrogens with zero attached hydrogens (tertiary/aromatic N) is 4. The van der Waals surface area contributed by atoms with E-state index in [0.717, 1.165) is 38.9 Å². The van der Waals surface area contributed by atoms with Gasteiger partial charge in [0.1, 0.15) is 0 Å². The summed E-state index contributed by atoms with van der Waals surface area (Å²) in [7, 11) is 0. The molecule has 1 N–H and O–H groups in total. The Morgan fingerprint density at radius 1 is 0.645 bits per heavy atom. The predicted molar refractivity (Wildman–Crippen MR) is 126 cm³/mol. The molecular weight excluding hydrogens is 382 g/mol. The molecule has 0 unspecified atom stereocenters. The van der Waals surface area contributed by atoms with Crippen LogP contribution >= 0.6 is 0 Å². The van der Waals surface area contributed by atoms with E-state index in [9.17, 15) is 0 Å². The van der Waals surface area contributed by atoms with Crippen LogP contribution in [0.25, 0.3) is 46.6 Å². The Morgan fingerprint density at radius 3 is 2.23 bits per heavy atom. The van der Waals surface area contributed by atoms with Crippen LogP contribution in [0.4, 0.5) is 0 Å². The maximum atomic E-state index is 4.68. The van der Waals surface area contributed by atoms with Crippen molar-refractivity contribution >= 4 is 35.2 Å². The number of H-pyrrole nitrogens is 1. The summed E-state index contributed by atoms with van der Waals surface area (Å²) in [5.74, 6) is 0.590. The lowest BCUT2D eigenvalue weighted by Gasteiger charge is -2.00. The number of aromatic amines is 1. The summed E-state index contributed by atoms with van der Waals surface area (Å²) >= 11 is 0. The SMILES string of the molecule is C(=Cc1ccc2ccccc2n1)c1ccc(/C=C\c2cccc(-c3nn[nH]n3)c2)cc1. The van der Waals surface area contributed by atoms with Crippen LogP contribution in [0.2, 0.25) is 0 Å². The van der Waals surface area contributed by atoms with Gasteiger partial charge in [-0.1, -0.05) is 85.0 Å². The van der Waals surface area contributed by atoms with Gasteiger partial charge in [0, 0.05) is 10.9 Å². The molecule has 0 amide bonds. The molecule has 0 saturated heterocycles. The standard InChI is InChI=1S/C26H19N5/c1-2-7-25-22(5-1)15-17-24(27-25)16-14-20-10-8-19(9-11-20)12-13-21-4-3-6-23(18-21)26-28-30-31-29-26/h1-18H,(H,28,29,30,31)/b13-12-,16-14?. The number of rotatable bonds is 5. The van der Waals surface area contributed by atoms with Gasteiger partial charge in [0.05, 0.1) is 11.2 Å². The Morgan fingerprint density at radius 2 is 1.42 bits per heavy atom. The van der Waals surface area contributed by atoms with Gasteiger partial charge in [-0.3, -0.25) is 0 Å². The topological polar surface area (TPSA) is 67.3 Å². The fourth-order valence-electron chi connectivity index (χ4n) is 3.33. The van der Waals surface area contributed by atoms with E-state index in [1.807, 2.05) is 54.6 Å². The molecule has 2 heterocycles. The molecule has 0 saturated carbocycles. The first-order valence-corrected chi connectivity index (χ1v) is 9.99. The first-order chi connectivity index (χ1) is 15.3. The van der Waals surface area contributed by atoms with Gasteiger partial charge < -0.3 is 0 Å². The molecule has 3 aromatic carbocycles. The highest BCUT2D eigenvalue weighted by Crippen LogP contribution is 2.18. The maximum absolute atomic E-state index is 4.68. The molecule has 5 heteroatoms. The predicted octanol–water partition coefficient (Wildman–Crippen LogP) is 5.76. The third kappa shape index (κ3) is 4.46. The molecule has 5 nitrogen and oxygen atoms in total. The Bertz CT molecular complexity index is 1370. The third-order valence-electron chi connectivity index (χ3n) is 4.96. The van der Waals surface area contributed by atoms with E-state index in [1.54, 1.807) is 0 Å². The summed E-state index contributed by atoms with van der Waals surface area (Å²) in [6.07, 6.45) is 8.29. The van der Waals surface area contributed by atoms with Crippen molar-refractivity contribution < 1.29 is 0 Å². The second kappa shape index (κ2) is 8.55. The number of para-hydroxylation sites is 1. The van der Waals surface area contributed by atoms with Gasteiger partial charge >= 0.3 is 0 Å². The molecule has 0 radical (unpaired) electrons. The first kappa shape index (κ1) is 18.6. The maximum Gasteiger partial charge on any atom is 0.204 e. The quantitative estimate of drug-likeness (QED) is 0.381. The van der Waals surface area contributed by atoms with E-state index >= 15 is 0 Å². The van der Waals surface area contributed by atoms with Crippen LogP contribution in [0.3, 0.4) is 0 Å². The molecule has 0 aliphatic rings. The van der Waals surface area contributed by atoms with Crippen LogP contribution in [-0.2, 0) is 0 Å². The van der Waals surface area contributed by atoms with E-state index in [1.165, 1.54) is 0 Å². The van der Waals surface area contributed by atoms with Crippen molar-refractivity contribution in [1.29, 1.82) is 0 Å². The minimum Gasteiger partial charge on any atom is -0.248 e. The summed E-state index contributed by atoms with van der Waals surface area (Å²) in [6, 6.07) is 28.7. The Hall–Kier alpha value is -4.38. The number of benzene rings is 3. The molecule has 5 rings (SSSR count). The highest BCUT2D eigenvalue weighted by atomic mass is 15.5. The zero-order valence-electron chi connectivity index (χ0n) is 16.7. The monoisotopic (exact) mass is 401 g/mol. The van der Waals surface area contributed by atoms with E-state index in [4.69, 9.17) is 0 Å². The molecule has 0 bridgehead atoms. The lowest BCUT2D eigenvalue weighted by molar-refractivity contribution is 0.881. The van der Waals surface area contributed by atoms with E-state index < -0.39 is 0 Å². The van der Waals surface area contributed by atoms with Crippen LogP contribution in [0, 0.1) is 0 Å². The number of hydrogen-bond donors (Lipinski definition) is 1. The average molecular weight is 401 g/mol. The van der Waals surface area contributed by atoms with Crippen LogP contribution in [0.1, 0.15) is 22.4 Å². The van der Waals surface area contributed by atoms with Gasteiger partial charge in [0.2, 0.25) is 5.82 Å². The lowest BCUT2D eigenvalue weighted by atomic mass is 10.1. The van der Waals surface area contributed by atoms with Crippen LogP contribution in [0.15, 0.2) is 84.9 Å². The molecule has 5 aromatic rings. The second-order valence-corrected chi connectivity index (χ2v) is 7.12. The van der Waals surface area contributed by atoms with Crippen LogP contribution < -0.4 is 0 Å². The van der Waals surface area contributed by atoms with Gasteiger partial charge in [0.25, 0.3) is 0 Å². The molecule has 2 aromatic heterocycles. The van der Waals surface area contributed by atoms with Gasteiger partial charge in [-0.15, -0.1) is 10.2 Å². The zero-order valence-corrected chi connectivity index (χ0v) is 16.7. The van der Waals surface area contributed by atoms with Crippen LogP contribution in [-0.4, -0.2) is 25.6 Å². The molecule has 148 valence electrons. The normalized spacial score (nSPS) is 11.6. The molecule has 0 atom stereocenters. The Balaban J connectivity index is 1.28. The van der Waals surface area contributed by atoms with Crippen LogP contribution in [0.5, 0.6) is 0 Å². The molecule has 0 aliphatic heterocycles. The second-order valence-electron chi connectivity index (χ2n) is 7.12. The molecule has 0 aliphatic carbocycles. The van der Waals surface area contributed by atoms with Crippen molar-refractivity contribution in [3.05, 3.63) is 107 Å². The number of fused-ring (bicyclic) bond motifs is 1. The number of hydrogen-bond acceptors (Lipinski definition) is 4. The zero-order chi connectivity index (χ0) is 20.9. The van der Waals surface area contributed by atoms with E-state index in [2.05, 4.69) is 80.2 Å². The highest BCUT2D eigenvalue weighted by Gasteiger charge is 2.02. The molecular formula is C26H19N5. The summed E-state index contributed by atoms with van der Waals surface area (Å²) in [4.78, 5) is 4.68. The Kier molecular flexibility index (Phi) is 5.14. The van der Waals surface area contributed by atoms with Crippen molar-refractivity contribution in [3.63, 3.8) is 0 Å². The summed E-state index contributed by atoms with van der Waals surface area (Å²) in [5.41, 5.74) is 6.22. The summed E-state index contributed by atoms with van der Waals surface area (Å²) in [5, 5.41) is 15.3. The highest BCUT2D eigenvalue weighted by molar-refractivity contribution is 5.81.